The quantitative estimate of drug-likeness (QED) is 0.470. The topological polar surface area (TPSA) is 88.7 Å². The van der Waals surface area contributed by atoms with Gasteiger partial charge in [0.2, 0.25) is 0 Å². The summed E-state index contributed by atoms with van der Waals surface area (Å²) in [5.41, 5.74) is -0.714. The first-order valence-corrected chi connectivity index (χ1v) is 10.7. The zero-order valence-corrected chi connectivity index (χ0v) is 19.6. The summed E-state index contributed by atoms with van der Waals surface area (Å²) >= 11 is 0. The predicted octanol–water partition coefficient (Wildman–Crippen LogP) is 6.48. The molecule has 1 heterocycles. The maximum absolute atomic E-state index is 12.8. The fourth-order valence-corrected chi connectivity index (χ4v) is 3.55. The summed E-state index contributed by atoms with van der Waals surface area (Å²) in [5, 5.41) is 8.06. The second-order valence-electron chi connectivity index (χ2n) is 9.67. The number of carbonyl (C=O) groups excluding carboxylic acids is 2. The molecular weight excluding hydrogens is 451 g/mol. The van der Waals surface area contributed by atoms with E-state index in [1.165, 1.54) is 12.1 Å². The molecule has 7 nitrogen and oxygen atoms in total. The summed E-state index contributed by atoms with van der Waals surface area (Å²) in [4.78, 5) is 24.8. The van der Waals surface area contributed by atoms with E-state index in [0.29, 0.717) is 23.4 Å². The molecule has 0 saturated carbocycles. The Balaban J connectivity index is 1.75. The number of anilines is 2. The van der Waals surface area contributed by atoms with Crippen molar-refractivity contribution in [3.05, 3.63) is 53.6 Å². The standard InChI is InChI=1S/C24H28F3N3O4/c1-22(2,3)34-21(32)29-16-10-11-19-17(12-16)18(13-23(4,5)33-19)30-20(31)28-15-8-6-14(7-9-15)24(25,26)27/h6-12,18H,13H2,1-5H3,(H,29,32)(H2,28,30,31). The van der Waals surface area contributed by atoms with E-state index in [4.69, 9.17) is 9.47 Å². The summed E-state index contributed by atoms with van der Waals surface area (Å²) in [5.74, 6) is 0.547. The predicted molar refractivity (Wildman–Crippen MR) is 122 cm³/mol. The number of hydrogen-bond acceptors (Lipinski definition) is 4. The van der Waals surface area contributed by atoms with Crippen LogP contribution >= 0.6 is 0 Å². The van der Waals surface area contributed by atoms with Gasteiger partial charge in [0.1, 0.15) is 17.0 Å². The van der Waals surface area contributed by atoms with E-state index in [9.17, 15) is 22.8 Å². The van der Waals surface area contributed by atoms with Crippen LogP contribution in [0.1, 0.15) is 58.2 Å². The van der Waals surface area contributed by atoms with E-state index in [1.807, 2.05) is 13.8 Å². The van der Waals surface area contributed by atoms with Crippen molar-refractivity contribution in [3.63, 3.8) is 0 Å². The third-order valence-corrected chi connectivity index (χ3v) is 4.89. The number of carbonyl (C=O) groups is 2. The van der Waals surface area contributed by atoms with E-state index in [1.54, 1.807) is 39.0 Å². The lowest BCUT2D eigenvalue weighted by atomic mass is 9.89. The van der Waals surface area contributed by atoms with Gasteiger partial charge in [0.25, 0.3) is 0 Å². The summed E-state index contributed by atoms with van der Waals surface area (Å²) in [6.45, 7) is 9.02. The highest BCUT2D eigenvalue weighted by molar-refractivity contribution is 5.90. The molecule has 3 rings (SSSR count). The normalized spacial score (nSPS) is 17.1. The first-order chi connectivity index (χ1) is 15.6. The molecular formula is C24H28F3N3O4. The zero-order valence-electron chi connectivity index (χ0n) is 19.6. The highest BCUT2D eigenvalue weighted by Crippen LogP contribution is 2.41. The van der Waals surface area contributed by atoms with Crippen LogP contribution in [0.3, 0.4) is 0 Å². The lowest BCUT2D eigenvalue weighted by molar-refractivity contribution is -0.137. The Bertz CT molecular complexity index is 1060. The van der Waals surface area contributed by atoms with E-state index in [0.717, 1.165) is 12.1 Å². The van der Waals surface area contributed by atoms with Crippen molar-refractivity contribution in [1.82, 2.24) is 5.32 Å². The molecule has 1 aliphatic rings. The molecule has 184 valence electrons. The van der Waals surface area contributed by atoms with Gasteiger partial charge < -0.3 is 20.1 Å². The first-order valence-electron chi connectivity index (χ1n) is 10.7. The van der Waals surface area contributed by atoms with E-state index < -0.39 is 41.1 Å². The van der Waals surface area contributed by atoms with Crippen LogP contribution in [0.5, 0.6) is 5.75 Å². The second kappa shape index (κ2) is 9.08. The zero-order chi connectivity index (χ0) is 25.3. The number of nitrogens with one attached hydrogen (secondary N) is 3. The number of ether oxygens (including phenoxy) is 2. The Labute approximate surface area is 196 Å². The largest absolute Gasteiger partial charge is 0.487 e. The second-order valence-corrected chi connectivity index (χ2v) is 9.67. The molecule has 2 aromatic carbocycles. The third kappa shape index (κ3) is 6.79. The highest BCUT2D eigenvalue weighted by Gasteiger charge is 2.35. The molecule has 3 amide bonds. The first kappa shape index (κ1) is 25.2. The molecule has 0 saturated heterocycles. The minimum absolute atomic E-state index is 0.220. The van der Waals surface area contributed by atoms with Crippen LogP contribution in [-0.4, -0.2) is 23.3 Å². The highest BCUT2D eigenvalue weighted by atomic mass is 19.4. The Morgan fingerprint density at radius 1 is 1.00 bits per heavy atom. The van der Waals surface area contributed by atoms with Crippen molar-refractivity contribution in [2.24, 2.45) is 0 Å². The number of halogens is 3. The summed E-state index contributed by atoms with van der Waals surface area (Å²) in [6, 6.07) is 8.17. The Morgan fingerprint density at radius 3 is 2.21 bits per heavy atom. The number of rotatable bonds is 3. The van der Waals surface area contributed by atoms with Crippen LogP contribution in [0, 0.1) is 0 Å². The molecule has 0 bridgehead atoms. The Morgan fingerprint density at radius 2 is 1.62 bits per heavy atom. The molecule has 0 aromatic heterocycles. The van der Waals surface area contributed by atoms with Gasteiger partial charge in [-0.15, -0.1) is 0 Å². The van der Waals surface area contributed by atoms with Crippen LogP contribution in [0.25, 0.3) is 0 Å². The fraction of sp³-hybridized carbons (Fsp3) is 0.417. The van der Waals surface area contributed by atoms with Crippen LogP contribution in [0.4, 0.5) is 34.1 Å². The molecule has 0 fully saturated rings. The maximum atomic E-state index is 12.8. The van der Waals surface area contributed by atoms with Crippen molar-refractivity contribution in [1.29, 1.82) is 0 Å². The molecule has 1 unspecified atom stereocenters. The van der Waals surface area contributed by atoms with Crippen LogP contribution in [-0.2, 0) is 10.9 Å². The lowest BCUT2D eigenvalue weighted by Gasteiger charge is -2.38. The number of urea groups is 1. The molecule has 0 aliphatic carbocycles. The number of hydrogen-bond donors (Lipinski definition) is 3. The molecule has 0 radical (unpaired) electrons. The SMILES string of the molecule is CC(C)(C)OC(=O)Nc1ccc2c(c1)C(NC(=O)Nc1ccc(C(F)(F)F)cc1)CC(C)(C)O2. The van der Waals surface area contributed by atoms with Gasteiger partial charge >= 0.3 is 18.3 Å². The maximum Gasteiger partial charge on any atom is 0.416 e. The smallest absolute Gasteiger partial charge is 0.416 e. The average molecular weight is 479 g/mol. The third-order valence-electron chi connectivity index (χ3n) is 4.89. The van der Waals surface area contributed by atoms with Crippen LogP contribution < -0.4 is 20.7 Å². The van der Waals surface area contributed by atoms with E-state index in [-0.39, 0.29) is 5.69 Å². The molecule has 10 heteroatoms. The number of benzene rings is 2. The van der Waals surface area contributed by atoms with Crippen LogP contribution in [0.2, 0.25) is 0 Å². The number of amides is 3. The van der Waals surface area contributed by atoms with Gasteiger partial charge in [-0.1, -0.05) is 0 Å². The molecule has 34 heavy (non-hydrogen) atoms. The van der Waals surface area contributed by atoms with Crippen molar-refractivity contribution in [2.75, 3.05) is 10.6 Å². The minimum atomic E-state index is -4.46. The number of alkyl halides is 3. The lowest BCUT2D eigenvalue weighted by Crippen LogP contribution is -2.42. The van der Waals surface area contributed by atoms with Gasteiger partial charge in [0.05, 0.1) is 11.6 Å². The average Bonchev–Trinajstić information content (AvgIpc) is 2.66. The minimum Gasteiger partial charge on any atom is -0.487 e. The van der Waals surface area contributed by atoms with Crippen molar-refractivity contribution in [3.8, 4) is 5.75 Å². The van der Waals surface area contributed by atoms with Gasteiger partial charge in [-0.3, -0.25) is 5.32 Å². The molecule has 0 spiro atoms. The van der Waals surface area contributed by atoms with Gasteiger partial charge in [-0.05, 0) is 77.1 Å². The molecule has 2 aromatic rings. The molecule has 3 N–H and O–H groups in total. The Hall–Kier alpha value is -3.43. The van der Waals surface area contributed by atoms with Gasteiger partial charge in [-0.25, -0.2) is 9.59 Å². The Kier molecular flexibility index (Phi) is 6.73. The molecule has 1 atom stereocenters. The monoisotopic (exact) mass is 479 g/mol. The van der Waals surface area contributed by atoms with Gasteiger partial charge in [0.15, 0.2) is 0 Å². The van der Waals surface area contributed by atoms with Gasteiger partial charge in [0, 0.05) is 23.4 Å². The fourth-order valence-electron chi connectivity index (χ4n) is 3.55. The van der Waals surface area contributed by atoms with Crippen molar-refractivity contribution in [2.45, 2.75) is 64.5 Å². The van der Waals surface area contributed by atoms with Crippen molar-refractivity contribution >= 4 is 23.5 Å². The van der Waals surface area contributed by atoms with Crippen molar-refractivity contribution < 1.29 is 32.2 Å². The summed E-state index contributed by atoms with van der Waals surface area (Å²) in [6.07, 6.45) is -4.64. The van der Waals surface area contributed by atoms with Gasteiger partial charge in [-0.2, -0.15) is 13.2 Å². The number of fused-ring (bicyclic) bond motifs is 1. The molecule has 1 aliphatic heterocycles. The summed E-state index contributed by atoms with van der Waals surface area (Å²) < 4.78 is 49.5. The van der Waals surface area contributed by atoms with E-state index in [2.05, 4.69) is 16.0 Å². The van der Waals surface area contributed by atoms with Crippen LogP contribution in [0.15, 0.2) is 42.5 Å². The van der Waals surface area contributed by atoms with E-state index >= 15 is 0 Å². The summed E-state index contributed by atoms with van der Waals surface area (Å²) in [7, 11) is 0.